The Hall–Kier alpha value is -1.35. The van der Waals surface area contributed by atoms with Gasteiger partial charge in [-0.3, -0.25) is 14.7 Å². The van der Waals surface area contributed by atoms with Gasteiger partial charge in [0.05, 0.1) is 12.5 Å². The van der Waals surface area contributed by atoms with Gasteiger partial charge in [0.25, 0.3) is 0 Å². The topological polar surface area (TPSA) is 57.2 Å². The first-order valence-corrected chi connectivity index (χ1v) is 10.4. The summed E-state index contributed by atoms with van der Waals surface area (Å²) >= 11 is 0. The first kappa shape index (κ1) is 25.7. The molecule has 7 heteroatoms. The van der Waals surface area contributed by atoms with E-state index in [0.29, 0.717) is 12.6 Å². The minimum absolute atomic E-state index is 0. The molecule has 1 aromatic carbocycles. The molecule has 1 fully saturated rings. The average molecular weight is 516 g/mol. The number of carbonyl (C=O) groups is 1. The second-order valence-corrected chi connectivity index (χ2v) is 7.69. The highest BCUT2D eigenvalue weighted by molar-refractivity contribution is 14.0. The van der Waals surface area contributed by atoms with Gasteiger partial charge in [-0.1, -0.05) is 24.3 Å². The minimum Gasteiger partial charge on any atom is -0.466 e. The predicted molar refractivity (Wildman–Crippen MR) is 130 cm³/mol. The van der Waals surface area contributed by atoms with Gasteiger partial charge < -0.3 is 15.0 Å². The lowest BCUT2D eigenvalue weighted by Gasteiger charge is -2.33. The molecule has 0 amide bonds. The molecule has 1 aliphatic rings. The average Bonchev–Trinajstić information content (AvgIpc) is 2.70. The second-order valence-electron chi connectivity index (χ2n) is 7.69. The lowest BCUT2D eigenvalue weighted by molar-refractivity contribution is -0.149. The van der Waals surface area contributed by atoms with Crippen molar-refractivity contribution in [1.82, 2.24) is 15.1 Å². The third kappa shape index (κ3) is 7.77. The monoisotopic (exact) mass is 516 g/mol. The molecule has 0 atom stereocenters. The Kier molecular flexibility index (Phi) is 11.6. The fourth-order valence-electron chi connectivity index (χ4n) is 3.43. The molecule has 0 unspecified atom stereocenters. The number of carbonyl (C=O) groups excluding carboxylic acids is 1. The molecule has 1 N–H and O–H groups in total. The van der Waals surface area contributed by atoms with Crippen molar-refractivity contribution >= 4 is 35.9 Å². The number of aliphatic imine (C=N–C) groups is 1. The Morgan fingerprint density at radius 1 is 1.28 bits per heavy atom. The van der Waals surface area contributed by atoms with E-state index >= 15 is 0 Å². The summed E-state index contributed by atoms with van der Waals surface area (Å²) in [5.41, 5.74) is 2.63. The van der Waals surface area contributed by atoms with Gasteiger partial charge in [-0.2, -0.15) is 0 Å². The Morgan fingerprint density at radius 2 is 1.90 bits per heavy atom. The number of nitrogens with one attached hydrogen (secondary N) is 1. The second kappa shape index (κ2) is 13.1. The highest BCUT2D eigenvalue weighted by Gasteiger charge is 2.27. The molecular formula is C22H37IN4O2. The summed E-state index contributed by atoms with van der Waals surface area (Å²) in [6.45, 7) is 10.0. The Bertz CT molecular complexity index is 658. The van der Waals surface area contributed by atoms with Gasteiger partial charge in [0, 0.05) is 39.3 Å². The maximum absolute atomic E-state index is 11.9. The molecule has 1 aromatic rings. The van der Waals surface area contributed by atoms with Crippen molar-refractivity contribution in [3.63, 3.8) is 0 Å². The van der Waals surface area contributed by atoms with Crippen LogP contribution in [0.1, 0.15) is 44.7 Å². The van der Waals surface area contributed by atoms with Crippen LogP contribution in [0.4, 0.5) is 0 Å². The van der Waals surface area contributed by atoms with Crippen molar-refractivity contribution in [3.8, 4) is 0 Å². The molecule has 6 nitrogen and oxygen atoms in total. The maximum Gasteiger partial charge on any atom is 0.309 e. The number of piperidine rings is 1. The number of hydrogen-bond acceptors (Lipinski definition) is 4. The summed E-state index contributed by atoms with van der Waals surface area (Å²) in [7, 11) is 3.97. The van der Waals surface area contributed by atoms with E-state index in [0.717, 1.165) is 45.0 Å². The Balaban J connectivity index is 0.00000420. The van der Waals surface area contributed by atoms with Gasteiger partial charge in [0.2, 0.25) is 0 Å². The lowest BCUT2D eigenvalue weighted by atomic mass is 9.97. The van der Waals surface area contributed by atoms with Crippen molar-refractivity contribution in [3.05, 3.63) is 35.4 Å². The van der Waals surface area contributed by atoms with Crippen molar-refractivity contribution in [1.29, 1.82) is 0 Å². The highest BCUT2D eigenvalue weighted by atomic mass is 127. The van der Waals surface area contributed by atoms with Crippen molar-refractivity contribution in [2.24, 2.45) is 10.9 Å². The summed E-state index contributed by atoms with van der Waals surface area (Å²) in [4.78, 5) is 21.0. The van der Waals surface area contributed by atoms with E-state index in [1.165, 1.54) is 11.1 Å². The molecule has 0 saturated carbocycles. The van der Waals surface area contributed by atoms with Gasteiger partial charge in [-0.05, 0) is 51.8 Å². The van der Waals surface area contributed by atoms with E-state index in [-0.39, 0.29) is 35.9 Å². The van der Waals surface area contributed by atoms with Crippen LogP contribution >= 0.6 is 24.0 Å². The van der Waals surface area contributed by atoms with Crippen LogP contribution in [-0.2, 0) is 22.6 Å². The summed E-state index contributed by atoms with van der Waals surface area (Å²) < 4.78 is 5.16. The van der Waals surface area contributed by atoms with Crippen LogP contribution in [0, 0.1) is 5.92 Å². The van der Waals surface area contributed by atoms with Crippen molar-refractivity contribution < 1.29 is 9.53 Å². The highest BCUT2D eigenvalue weighted by Crippen LogP contribution is 2.19. The minimum atomic E-state index is -0.0618. The molecule has 0 spiro atoms. The normalized spacial score (nSPS) is 15.4. The molecular weight excluding hydrogens is 479 g/mol. The maximum atomic E-state index is 11.9. The molecule has 0 aliphatic carbocycles. The van der Waals surface area contributed by atoms with Crippen LogP contribution < -0.4 is 5.32 Å². The van der Waals surface area contributed by atoms with Gasteiger partial charge in [-0.25, -0.2) is 0 Å². The Labute approximate surface area is 193 Å². The number of ether oxygens (including phenoxy) is 1. The van der Waals surface area contributed by atoms with E-state index in [1.807, 2.05) is 14.0 Å². The number of halogens is 1. The van der Waals surface area contributed by atoms with Crippen LogP contribution in [0.2, 0.25) is 0 Å². The summed E-state index contributed by atoms with van der Waals surface area (Å²) in [5, 5.41) is 3.51. The third-order valence-electron chi connectivity index (χ3n) is 5.48. The fraction of sp³-hybridized carbons (Fsp3) is 0.636. The smallest absolute Gasteiger partial charge is 0.309 e. The first-order chi connectivity index (χ1) is 13.5. The van der Waals surface area contributed by atoms with Gasteiger partial charge in [-0.15, -0.1) is 24.0 Å². The predicted octanol–water partition coefficient (Wildman–Crippen LogP) is 3.50. The quantitative estimate of drug-likeness (QED) is 0.260. The standard InChI is InChI=1S/C22H36N4O2.HI/c1-6-28-21(27)18-11-13-26(14-12-18)22(23-4)24-15-19-9-7-8-10-20(19)16-25(5)17(2)3;/h7-10,17-18H,6,11-16H2,1-5H3,(H,23,24);1H. The molecule has 164 valence electrons. The van der Waals surface area contributed by atoms with E-state index in [9.17, 15) is 4.79 Å². The van der Waals surface area contributed by atoms with Crippen molar-refractivity contribution in [2.75, 3.05) is 33.8 Å². The SMILES string of the molecule is CCOC(=O)C1CCN(C(=NC)NCc2ccccc2CN(C)C(C)C)CC1.I. The third-order valence-corrected chi connectivity index (χ3v) is 5.48. The van der Waals surface area contributed by atoms with Crippen LogP contribution in [0.3, 0.4) is 0 Å². The number of rotatable bonds is 7. The van der Waals surface area contributed by atoms with Gasteiger partial charge >= 0.3 is 5.97 Å². The number of nitrogens with zero attached hydrogens (tertiary/aromatic N) is 3. The molecule has 29 heavy (non-hydrogen) atoms. The molecule has 0 bridgehead atoms. The summed E-state index contributed by atoms with van der Waals surface area (Å²) in [6.07, 6.45) is 1.63. The number of likely N-dealkylation sites (tertiary alicyclic amines) is 1. The molecule has 0 aromatic heterocycles. The van der Waals surface area contributed by atoms with E-state index < -0.39 is 0 Å². The van der Waals surface area contributed by atoms with E-state index in [2.05, 4.69) is 65.3 Å². The van der Waals surface area contributed by atoms with Crippen LogP contribution in [0.5, 0.6) is 0 Å². The molecule has 0 radical (unpaired) electrons. The fourth-order valence-corrected chi connectivity index (χ4v) is 3.43. The Morgan fingerprint density at radius 3 is 2.45 bits per heavy atom. The number of benzene rings is 1. The number of esters is 1. The summed E-state index contributed by atoms with van der Waals surface area (Å²) in [6, 6.07) is 9.07. The van der Waals surface area contributed by atoms with Crippen LogP contribution in [0.25, 0.3) is 0 Å². The number of guanidine groups is 1. The van der Waals surface area contributed by atoms with Gasteiger partial charge in [0.1, 0.15) is 0 Å². The first-order valence-electron chi connectivity index (χ1n) is 10.4. The molecule has 2 rings (SSSR count). The van der Waals surface area contributed by atoms with E-state index in [4.69, 9.17) is 4.74 Å². The van der Waals surface area contributed by atoms with Crippen LogP contribution in [-0.4, -0.2) is 61.6 Å². The van der Waals surface area contributed by atoms with E-state index in [1.54, 1.807) is 0 Å². The number of hydrogen-bond donors (Lipinski definition) is 1. The zero-order chi connectivity index (χ0) is 20.5. The summed E-state index contributed by atoms with van der Waals surface area (Å²) in [5.74, 6) is 0.851. The van der Waals surface area contributed by atoms with Crippen LogP contribution in [0.15, 0.2) is 29.3 Å². The molecule has 1 saturated heterocycles. The zero-order valence-corrected chi connectivity index (χ0v) is 20.8. The molecule has 1 heterocycles. The molecule has 1 aliphatic heterocycles. The van der Waals surface area contributed by atoms with Crippen molar-refractivity contribution in [2.45, 2.75) is 52.7 Å². The zero-order valence-electron chi connectivity index (χ0n) is 18.5. The van der Waals surface area contributed by atoms with Gasteiger partial charge in [0.15, 0.2) is 5.96 Å². The largest absolute Gasteiger partial charge is 0.466 e. The lowest BCUT2D eigenvalue weighted by Crippen LogP contribution is -2.46.